The van der Waals surface area contributed by atoms with Crippen LogP contribution in [0.25, 0.3) is 10.8 Å². The van der Waals surface area contributed by atoms with Gasteiger partial charge in [0.05, 0.1) is 11.3 Å². The molecule has 0 aliphatic rings. The zero-order valence-electron chi connectivity index (χ0n) is 15.6. The Morgan fingerprint density at radius 1 is 1.03 bits per heavy atom. The summed E-state index contributed by atoms with van der Waals surface area (Å²) >= 11 is 5.81. The Kier molecular flexibility index (Phi) is 6.29. The summed E-state index contributed by atoms with van der Waals surface area (Å²) in [6, 6.07) is 16.9. The lowest BCUT2D eigenvalue weighted by Crippen LogP contribution is -2.37. The van der Waals surface area contributed by atoms with Crippen molar-refractivity contribution in [2.75, 3.05) is 5.32 Å². The second kappa shape index (κ2) is 9.06. The van der Waals surface area contributed by atoms with Crippen molar-refractivity contribution in [3.05, 3.63) is 93.6 Å². The van der Waals surface area contributed by atoms with Gasteiger partial charge >= 0.3 is 0 Å². The molecule has 0 atom stereocenters. The van der Waals surface area contributed by atoms with E-state index in [0.29, 0.717) is 5.69 Å². The van der Waals surface area contributed by atoms with Crippen LogP contribution >= 0.6 is 11.6 Å². The number of nitro groups is 1. The Balaban J connectivity index is 1.55. The minimum Gasteiger partial charge on any atom is -0.325 e. The van der Waals surface area contributed by atoms with Gasteiger partial charge in [-0.25, -0.2) is 0 Å². The highest BCUT2D eigenvalue weighted by Crippen LogP contribution is 2.25. The van der Waals surface area contributed by atoms with Gasteiger partial charge in [-0.3, -0.25) is 25.1 Å². The van der Waals surface area contributed by atoms with Crippen molar-refractivity contribution in [3.8, 4) is 0 Å². The molecule has 3 aromatic carbocycles. The molecule has 0 saturated carbocycles. The first-order valence-electron chi connectivity index (χ1n) is 8.81. The minimum absolute atomic E-state index is 0.0789. The van der Waals surface area contributed by atoms with E-state index in [1.165, 1.54) is 12.1 Å². The van der Waals surface area contributed by atoms with Crippen LogP contribution in [-0.4, -0.2) is 16.7 Å². The van der Waals surface area contributed by atoms with E-state index in [1.54, 1.807) is 6.07 Å². The number of benzene rings is 3. The maximum Gasteiger partial charge on any atom is 0.287 e. The van der Waals surface area contributed by atoms with Gasteiger partial charge in [-0.2, -0.15) is 0 Å². The summed E-state index contributed by atoms with van der Waals surface area (Å²) in [5.74, 6) is -0.890. The molecule has 0 spiro atoms. The number of carbonyl (C=O) groups excluding carboxylic acids is 2. The molecular formula is C21H17ClN4O4. The second-order valence-electron chi connectivity index (χ2n) is 6.36. The standard InChI is InChI=1S/C21H17ClN4O4/c1-13(24-25-21(28)15-9-10-19(26(29)30)17(22)12-15)11-20(27)23-18-8-4-6-14-5-2-3-7-16(14)18/h2-10,12,24H,1,11H2,(H,23,27)(H,25,28). The van der Waals surface area contributed by atoms with Crippen LogP contribution in [0.1, 0.15) is 16.8 Å². The van der Waals surface area contributed by atoms with Gasteiger partial charge in [0.15, 0.2) is 0 Å². The van der Waals surface area contributed by atoms with Crippen molar-refractivity contribution in [2.45, 2.75) is 6.42 Å². The zero-order valence-corrected chi connectivity index (χ0v) is 16.4. The highest BCUT2D eigenvalue weighted by Gasteiger charge is 2.15. The largest absolute Gasteiger partial charge is 0.325 e. The molecule has 0 bridgehead atoms. The van der Waals surface area contributed by atoms with E-state index in [0.717, 1.165) is 16.8 Å². The number of anilines is 1. The van der Waals surface area contributed by atoms with Crippen molar-refractivity contribution >= 4 is 45.6 Å². The topological polar surface area (TPSA) is 113 Å². The van der Waals surface area contributed by atoms with Gasteiger partial charge in [0.25, 0.3) is 11.6 Å². The van der Waals surface area contributed by atoms with Crippen LogP contribution in [0.15, 0.2) is 72.9 Å². The lowest BCUT2D eigenvalue weighted by atomic mass is 10.1. The van der Waals surface area contributed by atoms with Crippen LogP contribution in [-0.2, 0) is 4.79 Å². The van der Waals surface area contributed by atoms with Crippen LogP contribution in [0.4, 0.5) is 11.4 Å². The quantitative estimate of drug-likeness (QED) is 0.389. The Labute approximate surface area is 176 Å². The molecular weight excluding hydrogens is 408 g/mol. The van der Waals surface area contributed by atoms with E-state index in [1.807, 2.05) is 36.4 Å². The molecule has 0 aliphatic carbocycles. The molecule has 3 N–H and O–H groups in total. The van der Waals surface area contributed by atoms with Gasteiger partial charge < -0.3 is 10.7 Å². The van der Waals surface area contributed by atoms with E-state index in [9.17, 15) is 19.7 Å². The summed E-state index contributed by atoms with van der Waals surface area (Å²) in [4.78, 5) is 34.6. The molecule has 0 aliphatic heterocycles. The SMILES string of the molecule is C=C(CC(=O)Nc1cccc2ccccc12)NNC(=O)c1ccc([N+](=O)[O-])c(Cl)c1. The minimum atomic E-state index is -0.640. The number of hydrazine groups is 1. The van der Waals surface area contributed by atoms with Crippen LogP contribution in [0.5, 0.6) is 0 Å². The summed E-state index contributed by atoms with van der Waals surface area (Å²) in [6.07, 6.45) is -0.0789. The molecule has 0 aromatic heterocycles. The fourth-order valence-corrected chi connectivity index (χ4v) is 3.03. The summed E-state index contributed by atoms with van der Waals surface area (Å²) in [6.45, 7) is 3.72. The lowest BCUT2D eigenvalue weighted by molar-refractivity contribution is -0.384. The normalized spacial score (nSPS) is 10.3. The number of hydrogen-bond donors (Lipinski definition) is 3. The lowest BCUT2D eigenvalue weighted by Gasteiger charge is -2.12. The van der Waals surface area contributed by atoms with Gasteiger partial charge in [-0.05, 0) is 23.6 Å². The average molecular weight is 425 g/mol. The highest BCUT2D eigenvalue weighted by molar-refractivity contribution is 6.33. The number of fused-ring (bicyclic) bond motifs is 1. The number of nitro benzene ring substituents is 1. The molecule has 3 rings (SSSR count). The number of carbonyl (C=O) groups is 2. The molecule has 8 nitrogen and oxygen atoms in total. The molecule has 30 heavy (non-hydrogen) atoms. The van der Waals surface area contributed by atoms with E-state index in [4.69, 9.17) is 11.6 Å². The van der Waals surface area contributed by atoms with Crippen molar-refractivity contribution in [1.29, 1.82) is 0 Å². The smallest absolute Gasteiger partial charge is 0.287 e. The second-order valence-corrected chi connectivity index (χ2v) is 6.76. The molecule has 0 fully saturated rings. The predicted molar refractivity (Wildman–Crippen MR) is 115 cm³/mol. The highest BCUT2D eigenvalue weighted by atomic mass is 35.5. The maximum absolute atomic E-state index is 12.3. The molecule has 152 valence electrons. The molecule has 0 radical (unpaired) electrons. The third kappa shape index (κ3) is 4.92. The Morgan fingerprint density at radius 3 is 2.50 bits per heavy atom. The summed E-state index contributed by atoms with van der Waals surface area (Å²) < 4.78 is 0. The molecule has 2 amide bonds. The first-order valence-corrected chi connectivity index (χ1v) is 9.18. The van der Waals surface area contributed by atoms with E-state index in [2.05, 4.69) is 22.7 Å². The first kappa shape index (κ1) is 20.8. The Morgan fingerprint density at radius 2 is 1.77 bits per heavy atom. The fraction of sp³-hybridized carbons (Fsp3) is 0.0476. The number of rotatable bonds is 7. The van der Waals surface area contributed by atoms with Gasteiger partial charge in [-0.1, -0.05) is 54.6 Å². The molecule has 9 heteroatoms. The van der Waals surface area contributed by atoms with Crippen molar-refractivity contribution in [1.82, 2.24) is 10.9 Å². The summed E-state index contributed by atoms with van der Waals surface area (Å²) in [7, 11) is 0. The van der Waals surface area contributed by atoms with Crippen molar-refractivity contribution in [2.24, 2.45) is 0 Å². The molecule has 0 saturated heterocycles. The summed E-state index contributed by atoms with van der Waals surface area (Å²) in [5.41, 5.74) is 5.69. The number of amides is 2. The van der Waals surface area contributed by atoms with E-state index < -0.39 is 10.8 Å². The maximum atomic E-state index is 12.3. The van der Waals surface area contributed by atoms with Gasteiger partial charge in [0, 0.05) is 28.4 Å². The summed E-state index contributed by atoms with van der Waals surface area (Å²) in [5, 5.41) is 15.4. The third-order valence-electron chi connectivity index (χ3n) is 4.20. The van der Waals surface area contributed by atoms with E-state index >= 15 is 0 Å². The van der Waals surface area contributed by atoms with Crippen LogP contribution < -0.4 is 16.2 Å². The molecule has 0 unspecified atom stereocenters. The van der Waals surface area contributed by atoms with Crippen LogP contribution in [0, 0.1) is 10.1 Å². The average Bonchev–Trinajstić information content (AvgIpc) is 2.72. The first-order chi connectivity index (χ1) is 14.3. The van der Waals surface area contributed by atoms with E-state index in [-0.39, 0.29) is 34.3 Å². The number of halogens is 1. The molecule has 0 heterocycles. The van der Waals surface area contributed by atoms with Gasteiger partial charge in [0.2, 0.25) is 5.91 Å². The van der Waals surface area contributed by atoms with Gasteiger partial charge in [-0.15, -0.1) is 0 Å². The van der Waals surface area contributed by atoms with Gasteiger partial charge in [0.1, 0.15) is 5.02 Å². The number of hydrogen-bond acceptors (Lipinski definition) is 5. The van der Waals surface area contributed by atoms with Crippen LogP contribution in [0.3, 0.4) is 0 Å². The van der Waals surface area contributed by atoms with Crippen LogP contribution in [0.2, 0.25) is 5.02 Å². The number of nitrogens with zero attached hydrogens (tertiary/aromatic N) is 1. The van der Waals surface area contributed by atoms with Crippen molar-refractivity contribution < 1.29 is 14.5 Å². The Hall–Kier alpha value is -3.91. The van der Waals surface area contributed by atoms with Crippen molar-refractivity contribution in [3.63, 3.8) is 0 Å². The predicted octanol–water partition coefficient (Wildman–Crippen LogP) is 4.18. The number of nitrogens with one attached hydrogen (secondary N) is 3. The fourth-order valence-electron chi connectivity index (χ4n) is 2.78. The zero-order chi connectivity index (χ0) is 21.7. The third-order valence-corrected chi connectivity index (χ3v) is 4.50. The monoisotopic (exact) mass is 424 g/mol. The molecule has 3 aromatic rings. The Bertz CT molecular complexity index is 1160.